The van der Waals surface area contributed by atoms with Gasteiger partial charge in [0, 0.05) is 18.9 Å². The number of nitrogens with zero attached hydrogens (tertiary/aromatic N) is 2. The number of hydrogen-bond donors (Lipinski definition) is 1. The molecule has 0 amide bonds. The van der Waals surface area contributed by atoms with Gasteiger partial charge in [-0.2, -0.15) is 5.10 Å². The Morgan fingerprint density at radius 1 is 1.29 bits per heavy atom. The van der Waals surface area contributed by atoms with Crippen molar-refractivity contribution in [2.24, 2.45) is 7.05 Å². The van der Waals surface area contributed by atoms with Crippen molar-refractivity contribution < 1.29 is 9.50 Å². The molecule has 1 N–H and O–H groups in total. The van der Waals surface area contributed by atoms with E-state index in [9.17, 15) is 9.50 Å². The average molecular weight is 305 g/mol. The molecule has 0 aliphatic rings. The summed E-state index contributed by atoms with van der Waals surface area (Å²) in [5, 5.41) is 15.8. The molecular weight excluding hydrogens is 291 g/mol. The zero-order chi connectivity index (χ0) is 15.0. The number of fused-ring (bicyclic) bond motifs is 1. The molecule has 0 saturated carbocycles. The lowest BCUT2D eigenvalue weighted by Crippen LogP contribution is -2.04. The maximum atomic E-state index is 13.5. The monoisotopic (exact) mass is 304 g/mol. The number of para-hydroxylation sites is 1. The molecule has 1 atom stereocenters. The van der Waals surface area contributed by atoms with E-state index in [-0.39, 0.29) is 11.4 Å². The zero-order valence-electron chi connectivity index (χ0n) is 11.4. The molecule has 3 rings (SSSR count). The first-order valence-electron chi connectivity index (χ1n) is 6.60. The molecule has 0 bridgehead atoms. The fourth-order valence-electron chi connectivity index (χ4n) is 2.47. The molecule has 1 heterocycles. The van der Waals surface area contributed by atoms with Gasteiger partial charge in [0.1, 0.15) is 11.9 Å². The average Bonchev–Trinajstić information content (AvgIpc) is 2.81. The maximum absolute atomic E-state index is 13.5. The van der Waals surface area contributed by atoms with Crippen LogP contribution >= 0.6 is 11.6 Å². The standard InChI is InChI=1S/C16H14ClFN2O/c1-20-14-5-3-2-4-11(14)16(19-20)15(21)9-10-6-7-12(17)13(18)8-10/h2-8,15,21H,9H2,1H3. The van der Waals surface area contributed by atoms with Gasteiger partial charge in [-0.1, -0.05) is 35.9 Å². The number of aliphatic hydroxyl groups is 1. The predicted molar refractivity (Wildman–Crippen MR) is 80.8 cm³/mol. The minimum atomic E-state index is -0.795. The first kappa shape index (κ1) is 14.0. The van der Waals surface area contributed by atoms with E-state index in [1.807, 2.05) is 31.3 Å². The Kier molecular flexibility index (Phi) is 3.66. The fourth-order valence-corrected chi connectivity index (χ4v) is 2.59. The topological polar surface area (TPSA) is 38.0 Å². The van der Waals surface area contributed by atoms with Crippen LogP contribution in [0.25, 0.3) is 10.9 Å². The second-order valence-corrected chi connectivity index (χ2v) is 5.40. The molecule has 0 aliphatic heterocycles. The Bertz CT molecular complexity index is 800. The molecule has 108 valence electrons. The van der Waals surface area contributed by atoms with Crippen molar-refractivity contribution in [2.45, 2.75) is 12.5 Å². The van der Waals surface area contributed by atoms with Gasteiger partial charge in [0.25, 0.3) is 0 Å². The first-order valence-corrected chi connectivity index (χ1v) is 6.97. The van der Waals surface area contributed by atoms with Crippen LogP contribution in [0, 0.1) is 5.82 Å². The molecule has 1 aromatic heterocycles. The smallest absolute Gasteiger partial charge is 0.142 e. The Morgan fingerprint density at radius 3 is 2.81 bits per heavy atom. The van der Waals surface area contributed by atoms with E-state index in [0.29, 0.717) is 11.3 Å². The van der Waals surface area contributed by atoms with Crippen molar-refractivity contribution in [1.82, 2.24) is 9.78 Å². The number of aliphatic hydroxyl groups excluding tert-OH is 1. The summed E-state index contributed by atoms with van der Waals surface area (Å²) in [6.45, 7) is 0. The third-order valence-electron chi connectivity index (χ3n) is 3.52. The summed E-state index contributed by atoms with van der Waals surface area (Å²) in [5.74, 6) is -0.479. The van der Waals surface area contributed by atoms with Gasteiger partial charge in [0.15, 0.2) is 0 Å². The van der Waals surface area contributed by atoms with Crippen LogP contribution in [0.5, 0.6) is 0 Å². The molecule has 0 saturated heterocycles. The summed E-state index contributed by atoms with van der Waals surface area (Å²) in [6.07, 6.45) is -0.508. The van der Waals surface area contributed by atoms with Crippen LogP contribution in [0.4, 0.5) is 4.39 Å². The quantitative estimate of drug-likeness (QED) is 0.802. The fraction of sp³-hybridized carbons (Fsp3) is 0.188. The van der Waals surface area contributed by atoms with Gasteiger partial charge >= 0.3 is 0 Å². The predicted octanol–water partition coefficient (Wildman–Crippen LogP) is 3.64. The van der Waals surface area contributed by atoms with Crippen molar-refractivity contribution in [1.29, 1.82) is 0 Å². The van der Waals surface area contributed by atoms with Gasteiger partial charge in [0.05, 0.1) is 16.2 Å². The molecule has 0 radical (unpaired) electrons. The Hall–Kier alpha value is -1.91. The van der Waals surface area contributed by atoms with Crippen LogP contribution in [0.15, 0.2) is 42.5 Å². The molecule has 0 fully saturated rings. The highest BCUT2D eigenvalue weighted by molar-refractivity contribution is 6.30. The van der Waals surface area contributed by atoms with Crippen LogP contribution in [0.2, 0.25) is 5.02 Å². The number of benzene rings is 2. The Balaban J connectivity index is 1.93. The molecule has 0 aliphatic carbocycles. The maximum Gasteiger partial charge on any atom is 0.142 e. The van der Waals surface area contributed by atoms with Crippen LogP contribution in [0.1, 0.15) is 17.4 Å². The van der Waals surface area contributed by atoms with Crippen molar-refractivity contribution in [2.75, 3.05) is 0 Å². The van der Waals surface area contributed by atoms with E-state index in [1.165, 1.54) is 12.1 Å². The van der Waals surface area contributed by atoms with Gasteiger partial charge < -0.3 is 5.11 Å². The van der Waals surface area contributed by atoms with Gasteiger partial charge in [0.2, 0.25) is 0 Å². The van der Waals surface area contributed by atoms with Gasteiger partial charge in [-0.05, 0) is 23.8 Å². The Labute approximate surface area is 126 Å². The molecule has 2 aromatic carbocycles. The largest absolute Gasteiger partial charge is 0.386 e. The number of rotatable bonds is 3. The normalized spacial score (nSPS) is 12.8. The first-order chi connectivity index (χ1) is 10.1. The van der Waals surface area contributed by atoms with Crippen molar-refractivity contribution in [3.63, 3.8) is 0 Å². The second kappa shape index (κ2) is 5.47. The zero-order valence-corrected chi connectivity index (χ0v) is 12.2. The molecule has 0 spiro atoms. The summed E-state index contributed by atoms with van der Waals surface area (Å²) in [5.41, 5.74) is 2.23. The summed E-state index contributed by atoms with van der Waals surface area (Å²) < 4.78 is 15.2. The highest BCUT2D eigenvalue weighted by atomic mass is 35.5. The van der Waals surface area contributed by atoms with Crippen molar-refractivity contribution in [3.05, 3.63) is 64.6 Å². The third-order valence-corrected chi connectivity index (χ3v) is 3.82. The lowest BCUT2D eigenvalue weighted by molar-refractivity contribution is 0.174. The van der Waals surface area contributed by atoms with E-state index in [2.05, 4.69) is 5.10 Å². The van der Waals surface area contributed by atoms with Crippen molar-refractivity contribution in [3.8, 4) is 0 Å². The van der Waals surface area contributed by atoms with Gasteiger partial charge in [-0.3, -0.25) is 4.68 Å². The highest BCUT2D eigenvalue weighted by Crippen LogP contribution is 2.26. The lowest BCUT2D eigenvalue weighted by atomic mass is 10.0. The molecule has 3 aromatic rings. The van der Waals surface area contributed by atoms with Crippen LogP contribution in [-0.2, 0) is 13.5 Å². The summed E-state index contributed by atoms with van der Waals surface area (Å²) in [6, 6.07) is 12.2. The molecular formula is C16H14ClFN2O. The van der Waals surface area contributed by atoms with E-state index < -0.39 is 11.9 Å². The molecule has 5 heteroatoms. The van der Waals surface area contributed by atoms with E-state index >= 15 is 0 Å². The Morgan fingerprint density at radius 2 is 2.05 bits per heavy atom. The van der Waals surface area contributed by atoms with Crippen LogP contribution in [0.3, 0.4) is 0 Å². The van der Waals surface area contributed by atoms with Crippen molar-refractivity contribution >= 4 is 22.5 Å². The number of halogens is 2. The van der Waals surface area contributed by atoms with Gasteiger partial charge in [-0.15, -0.1) is 0 Å². The molecule has 3 nitrogen and oxygen atoms in total. The minimum Gasteiger partial charge on any atom is -0.386 e. The van der Waals surface area contributed by atoms with E-state index in [1.54, 1.807) is 10.7 Å². The van der Waals surface area contributed by atoms with Gasteiger partial charge in [-0.25, -0.2) is 4.39 Å². The summed E-state index contributed by atoms with van der Waals surface area (Å²) in [4.78, 5) is 0. The lowest BCUT2D eigenvalue weighted by Gasteiger charge is -2.09. The number of aryl methyl sites for hydroxylation is 1. The van der Waals surface area contributed by atoms with Crippen LogP contribution in [-0.4, -0.2) is 14.9 Å². The SMILES string of the molecule is Cn1nc(C(O)Cc2ccc(Cl)c(F)c2)c2ccccc21. The molecule has 21 heavy (non-hydrogen) atoms. The van der Waals surface area contributed by atoms with E-state index in [4.69, 9.17) is 11.6 Å². The second-order valence-electron chi connectivity index (χ2n) is 4.99. The minimum absolute atomic E-state index is 0.0801. The number of aromatic nitrogens is 2. The highest BCUT2D eigenvalue weighted by Gasteiger charge is 2.17. The molecule has 1 unspecified atom stereocenters. The van der Waals surface area contributed by atoms with E-state index in [0.717, 1.165) is 10.9 Å². The third kappa shape index (κ3) is 2.64. The summed E-state index contributed by atoms with van der Waals surface area (Å²) in [7, 11) is 1.83. The van der Waals surface area contributed by atoms with Crippen LogP contribution < -0.4 is 0 Å². The summed E-state index contributed by atoms with van der Waals surface area (Å²) >= 11 is 5.66. The number of hydrogen-bond acceptors (Lipinski definition) is 2.